The van der Waals surface area contributed by atoms with Gasteiger partial charge < -0.3 is 15.4 Å². The second-order valence-corrected chi connectivity index (χ2v) is 6.52. The molecule has 0 aliphatic carbocycles. The first kappa shape index (κ1) is 21.3. The van der Waals surface area contributed by atoms with Crippen molar-refractivity contribution in [3.05, 3.63) is 58.9 Å². The van der Waals surface area contributed by atoms with E-state index in [4.69, 9.17) is 4.74 Å². The van der Waals surface area contributed by atoms with Gasteiger partial charge in [0.1, 0.15) is 5.75 Å². The Morgan fingerprint density at radius 1 is 1.04 bits per heavy atom. The summed E-state index contributed by atoms with van der Waals surface area (Å²) in [5, 5.41) is 4.37. The Balaban J connectivity index is 1.85. The molecule has 0 unspecified atom stereocenters. The number of amides is 2. The molecule has 2 aromatic rings. The zero-order valence-electron chi connectivity index (χ0n) is 15.7. The highest BCUT2D eigenvalue weighted by Gasteiger charge is 2.15. The number of aryl methyl sites for hydroxylation is 1. The van der Waals surface area contributed by atoms with Crippen LogP contribution in [0.1, 0.15) is 30.9 Å². The Bertz CT molecular complexity index is 885. The van der Waals surface area contributed by atoms with Gasteiger partial charge in [0.15, 0.2) is 24.1 Å². The molecule has 8 heteroatoms. The van der Waals surface area contributed by atoms with Crippen molar-refractivity contribution < 1.29 is 27.5 Å². The summed E-state index contributed by atoms with van der Waals surface area (Å²) in [6.45, 7) is 5.13. The Morgan fingerprint density at radius 3 is 2.43 bits per heavy atom. The lowest BCUT2D eigenvalue weighted by atomic mass is 10.0. The third kappa shape index (κ3) is 5.48. The molecule has 0 bridgehead atoms. The van der Waals surface area contributed by atoms with Crippen molar-refractivity contribution in [1.29, 1.82) is 0 Å². The molecular weight excluding hydrogens is 373 g/mol. The number of carbonyl (C=O) groups is 2. The Hall–Kier alpha value is -3.03. The van der Waals surface area contributed by atoms with Crippen LogP contribution in [0.2, 0.25) is 0 Å². The highest BCUT2D eigenvalue weighted by Crippen LogP contribution is 2.24. The summed E-state index contributed by atoms with van der Waals surface area (Å²) in [6, 6.07) is 7.31. The van der Waals surface area contributed by atoms with Gasteiger partial charge >= 0.3 is 0 Å². The fourth-order valence-corrected chi connectivity index (χ4v) is 2.32. The standard InChI is InChI=1S/C20H21F3N2O3/c1-11(2)13-5-4-12(3)16(8-13)28-10-18(27)24-9-17(26)25-15-7-6-14(21)19(22)20(15)23/h4-8,11H,9-10H2,1-3H3,(H,24,27)(H,25,26). The molecular formula is C20H21F3N2O3. The molecule has 28 heavy (non-hydrogen) atoms. The summed E-state index contributed by atoms with van der Waals surface area (Å²) in [4.78, 5) is 23.6. The molecule has 2 amide bonds. The zero-order valence-corrected chi connectivity index (χ0v) is 15.7. The molecule has 0 aromatic heterocycles. The van der Waals surface area contributed by atoms with E-state index in [0.29, 0.717) is 17.7 Å². The number of benzene rings is 2. The molecule has 0 aliphatic heterocycles. The van der Waals surface area contributed by atoms with Crippen LogP contribution in [0.5, 0.6) is 5.75 Å². The van der Waals surface area contributed by atoms with E-state index in [9.17, 15) is 22.8 Å². The van der Waals surface area contributed by atoms with Gasteiger partial charge in [-0.05, 0) is 42.2 Å². The maximum Gasteiger partial charge on any atom is 0.258 e. The van der Waals surface area contributed by atoms with Gasteiger partial charge in [0.25, 0.3) is 5.91 Å². The number of ether oxygens (including phenoxy) is 1. The molecule has 0 heterocycles. The van der Waals surface area contributed by atoms with Crippen molar-refractivity contribution in [2.24, 2.45) is 0 Å². The topological polar surface area (TPSA) is 67.4 Å². The lowest BCUT2D eigenvalue weighted by molar-refractivity contribution is -0.125. The van der Waals surface area contributed by atoms with Gasteiger partial charge in [0.05, 0.1) is 12.2 Å². The van der Waals surface area contributed by atoms with Crippen LogP contribution in [-0.4, -0.2) is 25.0 Å². The summed E-state index contributed by atoms with van der Waals surface area (Å²) < 4.78 is 45.0. The molecule has 0 saturated heterocycles. The van der Waals surface area contributed by atoms with E-state index in [1.807, 2.05) is 39.0 Å². The monoisotopic (exact) mass is 394 g/mol. The summed E-state index contributed by atoms with van der Waals surface area (Å²) in [7, 11) is 0. The first-order valence-corrected chi connectivity index (χ1v) is 8.62. The van der Waals surface area contributed by atoms with Crippen LogP contribution in [0.15, 0.2) is 30.3 Å². The van der Waals surface area contributed by atoms with Crippen molar-refractivity contribution >= 4 is 17.5 Å². The van der Waals surface area contributed by atoms with Crippen LogP contribution >= 0.6 is 0 Å². The van der Waals surface area contributed by atoms with Crippen molar-refractivity contribution in [1.82, 2.24) is 5.32 Å². The highest BCUT2D eigenvalue weighted by atomic mass is 19.2. The van der Waals surface area contributed by atoms with Crippen LogP contribution < -0.4 is 15.4 Å². The smallest absolute Gasteiger partial charge is 0.258 e. The average molecular weight is 394 g/mol. The van der Waals surface area contributed by atoms with Gasteiger partial charge in [0.2, 0.25) is 5.91 Å². The summed E-state index contributed by atoms with van der Waals surface area (Å²) in [5.41, 5.74) is 1.41. The predicted octanol–water partition coefficient (Wildman–Crippen LogP) is 3.67. The van der Waals surface area contributed by atoms with Crippen LogP contribution in [0, 0.1) is 24.4 Å². The number of hydrogen-bond donors (Lipinski definition) is 2. The summed E-state index contributed by atoms with van der Waals surface area (Å²) in [5.74, 6) is -5.05. The third-order valence-corrected chi connectivity index (χ3v) is 3.99. The van der Waals surface area contributed by atoms with Crippen LogP contribution in [0.25, 0.3) is 0 Å². The van der Waals surface area contributed by atoms with Crippen LogP contribution in [0.4, 0.5) is 18.9 Å². The van der Waals surface area contributed by atoms with Gasteiger partial charge in [0, 0.05) is 0 Å². The maximum atomic E-state index is 13.5. The first-order valence-electron chi connectivity index (χ1n) is 8.62. The summed E-state index contributed by atoms with van der Waals surface area (Å²) in [6.07, 6.45) is 0. The van der Waals surface area contributed by atoms with E-state index in [1.54, 1.807) is 0 Å². The Labute approximate surface area is 160 Å². The second-order valence-electron chi connectivity index (χ2n) is 6.52. The minimum atomic E-state index is -1.69. The summed E-state index contributed by atoms with van der Waals surface area (Å²) >= 11 is 0. The number of hydrogen-bond acceptors (Lipinski definition) is 3. The fraction of sp³-hybridized carbons (Fsp3) is 0.300. The average Bonchev–Trinajstić information content (AvgIpc) is 2.66. The normalized spacial score (nSPS) is 10.7. The van der Waals surface area contributed by atoms with E-state index in [-0.39, 0.29) is 6.61 Å². The van der Waals surface area contributed by atoms with Gasteiger partial charge in [-0.25, -0.2) is 13.2 Å². The second kappa shape index (κ2) is 9.25. The van der Waals surface area contributed by atoms with Crippen LogP contribution in [0.3, 0.4) is 0 Å². The molecule has 5 nitrogen and oxygen atoms in total. The van der Waals surface area contributed by atoms with E-state index >= 15 is 0 Å². The zero-order chi connectivity index (χ0) is 20.8. The van der Waals surface area contributed by atoms with Gasteiger partial charge in [-0.15, -0.1) is 0 Å². The largest absolute Gasteiger partial charge is 0.483 e. The molecule has 0 radical (unpaired) electrons. The number of anilines is 1. The molecule has 0 saturated carbocycles. The SMILES string of the molecule is Cc1ccc(C(C)C)cc1OCC(=O)NCC(=O)Nc1ccc(F)c(F)c1F. The van der Waals surface area contributed by atoms with Gasteiger partial charge in [-0.3, -0.25) is 9.59 Å². The lowest BCUT2D eigenvalue weighted by Crippen LogP contribution is -2.36. The van der Waals surface area contributed by atoms with Crippen molar-refractivity contribution in [3.8, 4) is 5.75 Å². The Kier molecular flexibility index (Phi) is 7.03. The molecule has 0 aliphatic rings. The molecule has 0 fully saturated rings. The van der Waals surface area contributed by atoms with Crippen molar-refractivity contribution in [2.75, 3.05) is 18.5 Å². The molecule has 2 rings (SSSR count). The highest BCUT2D eigenvalue weighted by molar-refractivity contribution is 5.94. The molecule has 0 atom stereocenters. The molecule has 0 spiro atoms. The lowest BCUT2D eigenvalue weighted by Gasteiger charge is -2.13. The van der Waals surface area contributed by atoms with Gasteiger partial charge in [-0.1, -0.05) is 26.0 Å². The molecule has 150 valence electrons. The number of carbonyl (C=O) groups excluding carboxylic acids is 2. The van der Waals surface area contributed by atoms with E-state index in [2.05, 4.69) is 10.6 Å². The van der Waals surface area contributed by atoms with Crippen molar-refractivity contribution in [2.45, 2.75) is 26.7 Å². The van der Waals surface area contributed by atoms with Gasteiger partial charge in [-0.2, -0.15) is 0 Å². The predicted molar refractivity (Wildman–Crippen MR) is 98.7 cm³/mol. The minimum Gasteiger partial charge on any atom is -0.483 e. The third-order valence-electron chi connectivity index (χ3n) is 3.99. The first-order chi connectivity index (χ1) is 13.2. The minimum absolute atomic E-state index is 0.303. The maximum absolute atomic E-state index is 13.5. The number of nitrogens with one attached hydrogen (secondary N) is 2. The van der Waals surface area contributed by atoms with E-state index in [1.165, 1.54) is 0 Å². The quantitative estimate of drug-likeness (QED) is 0.704. The van der Waals surface area contributed by atoms with E-state index < -0.39 is 41.5 Å². The van der Waals surface area contributed by atoms with Crippen LogP contribution in [-0.2, 0) is 9.59 Å². The van der Waals surface area contributed by atoms with Crippen molar-refractivity contribution in [3.63, 3.8) is 0 Å². The number of halogens is 3. The number of rotatable bonds is 7. The molecule has 2 N–H and O–H groups in total. The molecule has 2 aromatic carbocycles. The van der Waals surface area contributed by atoms with E-state index in [0.717, 1.165) is 17.2 Å². The Morgan fingerprint density at radius 2 is 1.75 bits per heavy atom. The fourth-order valence-electron chi connectivity index (χ4n) is 2.32.